The molecule has 0 amide bonds. The summed E-state index contributed by atoms with van der Waals surface area (Å²) in [4.78, 5) is 22.8. The van der Waals surface area contributed by atoms with Gasteiger partial charge in [-0.1, -0.05) is 27.7 Å². The lowest BCUT2D eigenvalue weighted by atomic mass is 9.93. The fraction of sp³-hybridized carbons (Fsp3) is 0.818. The molecule has 0 heterocycles. The second-order valence-electron chi connectivity index (χ2n) is 3.73. The number of carbonyl (C=O) groups excluding carboxylic acids is 2. The molecule has 0 saturated carbocycles. The highest BCUT2D eigenvalue weighted by Gasteiger charge is 2.18. The van der Waals surface area contributed by atoms with Crippen LogP contribution in [0.1, 0.15) is 47.0 Å². The maximum absolute atomic E-state index is 11.4. The molecular weight excluding hydrogens is 164 g/mol. The third-order valence-corrected chi connectivity index (χ3v) is 2.67. The molecule has 76 valence electrons. The van der Waals surface area contributed by atoms with Crippen LogP contribution in [-0.2, 0) is 9.59 Å². The van der Waals surface area contributed by atoms with E-state index in [1.807, 2.05) is 27.7 Å². The van der Waals surface area contributed by atoms with Gasteiger partial charge in [0.25, 0.3) is 0 Å². The first-order chi connectivity index (χ1) is 6.02. The lowest BCUT2D eigenvalue weighted by Crippen LogP contribution is -2.19. The van der Waals surface area contributed by atoms with Gasteiger partial charge in [0.2, 0.25) is 0 Å². The van der Waals surface area contributed by atoms with Crippen molar-refractivity contribution in [3.8, 4) is 0 Å². The van der Waals surface area contributed by atoms with Crippen molar-refractivity contribution in [1.82, 2.24) is 0 Å². The largest absolute Gasteiger partial charge is 0.299 e. The van der Waals surface area contributed by atoms with Gasteiger partial charge in [0, 0.05) is 11.8 Å². The summed E-state index contributed by atoms with van der Waals surface area (Å²) in [6.45, 7) is 7.70. The van der Waals surface area contributed by atoms with E-state index in [1.54, 1.807) is 0 Å². The standard InChI is InChI=1S/C11H20O2/c1-5-8(3)10(12)7-11(13)9(4)6-2/h8-9H,5-7H2,1-4H3/t8-,9-/m0/s1. The maximum atomic E-state index is 11.4. The Kier molecular flexibility index (Phi) is 5.60. The van der Waals surface area contributed by atoms with Crippen molar-refractivity contribution in [2.45, 2.75) is 47.0 Å². The molecule has 0 aromatic carbocycles. The van der Waals surface area contributed by atoms with Crippen molar-refractivity contribution in [3.63, 3.8) is 0 Å². The number of Topliss-reactive ketones (excluding diaryl/α,β-unsaturated/α-hetero) is 2. The minimum Gasteiger partial charge on any atom is -0.299 e. The zero-order chi connectivity index (χ0) is 10.4. The summed E-state index contributed by atoms with van der Waals surface area (Å²) in [5.41, 5.74) is 0. The monoisotopic (exact) mass is 184 g/mol. The van der Waals surface area contributed by atoms with Gasteiger partial charge in [-0.05, 0) is 12.8 Å². The van der Waals surface area contributed by atoms with Crippen molar-refractivity contribution >= 4 is 11.6 Å². The SMILES string of the molecule is CC[C@H](C)C(=O)CC(=O)[C@@H](C)CC. The first kappa shape index (κ1) is 12.3. The van der Waals surface area contributed by atoms with Gasteiger partial charge >= 0.3 is 0 Å². The van der Waals surface area contributed by atoms with Gasteiger partial charge in [-0.25, -0.2) is 0 Å². The molecular formula is C11H20O2. The highest BCUT2D eigenvalue weighted by Crippen LogP contribution is 2.10. The summed E-state index contributed by atoms with van der Waals surface area (Å²) in [6, 6.07) is 0. The second-order valence-corrected chi connectivity index (χ2v) is 3.73. The minimum absolute atomic E-state index is 0.0352. The molecule has 2 nitrogen and oxygen atoms in total. The summed E-state index contributed by atoms with van der Waals surface area (Å²) in [7, 11) is 0. The molecule has 0 aliphatic rings. The zero-order valence-electron chi connectivity index (χ0n) is 9.09. The molecule has 13 heavy (non-hydrogen) atoms. The fourth-order valence-electron chi connectivity index (χ4n) is 0.976. The van der Waals surface area contributed by atoms with E-state index in [0.717, 1.165) is 12.8 Å². The van der Waals surface area contributed by atoms with Gasteiger partial charge < -0.3 is 0 Å². The fourth-order valence-corrected chi connectivity index (χ4v) is 0.976. The second kappa shape index (κ2) is 5.90. The Hall–Kier alpha value is -0.660. The molecule has 0 saturated heterocycles. The van der Waals surface area contributed by atoms with E-state index in [-0.39, 0.29) is 29.8 Å². The third kappa shape index (κ3) is 4.20. The van der Waals surface area contributed by atoms with Crippen molar-refractivity contribution in [2.24, 2.45) is 11.8 Å². The van der Waals surface area contributed by atoms with Crippen LogP contribution in [0.2, 0.25) is 0 Å². The number of hydrogen-bond donors (Lipinski definition) is 0. The van der Waals surface area contributed by atoms with Crippen LogP contribution in [0.15, 0.2) is 0 Å². The molecule has 0 fully saturated rings. The summed E-state index contributed by atoms with van der Waals surface area (Å²) in [5.74, 6) is 0.251. The molecule has 0 aromatic rings. The van der Waals surface area contributed by atoms with Crippen LogP contribution in [-0.4, -0.2) is 11.6 Å². The molecule has 0 aromatic heterocycles. The van der Waals surface area contributed by atoms with E-state index >= 15 is 0 Å². The number of rotatable bonds is 6. The van der Waals surface area contributed by atoms with Crippen LogP contribution in [0.3, 0.4) is 0 Å². The molecule has 0 rings (SSSR count). The van der Waals surface area contributed by atoms with E-state index in [4.69, 9.17) is 0 Å². The summed E-state index contributed by atoms with van der Waals surface area (Å²) < 4.78 is 0. The first-order valence-electron chi connectivity index (χ1n) is 5.08. The Labute approximate surface area is 80.7 Å². The molecule has 0 unspecified atom stereocenters. The van der Waals surface area contributed by atoms with Crippen LogP contribution < -0.4 is 0 Å². The molecule has 0 bridgehead atoms. The minimum atomic E-state index is 0.0352. The van der Waals surface area contributed by atoms with Gasteiger partial charge in [-0.2, -0.15) is 0 Å². The van der Waals surface area contributed by atoms with Crippen LogP contribution in [0.4, 0.5) is 0 Å². The molecule has 0 N–H and O–H groups in total. The van der Waals surface area contributed by atoms with Crippen LogP contribution >= 0.6 is 0 Å². The number of carbonyl (C=O) groups is 2. The molecule has 0 radical (unpaired) electrons. The molecule has 2 atom stereocenters. The van der Waals surface area contributed by atoms with E-state index in [9.17, 15) is 9.59 Å². The quantitative estimate of drug-likeness (QED) is 0.595. The summed E-state index contributed by atoms with van der Waals surface area (Å²) in [5, 5.41) is 0. The van der Waals surface area contributed by atoms with Gasteiger partial charge in [-0.15, -0.1) is 0 Å². The van der Waals surface area contributed by atoms with Gasteiger partial charge in [0.05, 0.1) is 6.42 Å². The Morgan fingerprint density at radius 1 is 0.923 bits per heavy atom. The Morgan fingerprint density at radius 3 is 1.46 bits per heavy atom. The van der Waals surface area contributed by atoms with Crippen LogP contribution in [0.5, 0.6) is 0 Å². The third-order valence-electron chi connectivity index (χ3n) is 2.67. The van der Waals surface area contributed by atoms with Gasteiger partial charge in [-0.3, -0.25) is 9.59 Å². The lowest BCUT2D eigenvalue weighted by molar-refractivity contribution is -0.130. The Bertz CT molecular complexity index is 165. The number of hydrogen-bond acceptors (Lipinski definition) is 2. The van der Waals surface area contributed by atoms with Crippen molar-refractivity contribution < 1.29 is 9.59 Å². The Balaban J connectivity index is 3.99. The van der Waals surface area contributed by atoms with Gasteiger partial charge in [0.1, 0.15) is 11.6 Å². The molecule has 0 spiro atoms. The molecule has 0 aliphatic heterocycles. The van der Waals surface area contributed by atoms with Crippen LogP contribution in [0, 0.1) is 11.8 Å². The smallest absolute Gasteiger partial charge is 0.143 e. The highest BCUT2D eigenvalue weighted by atomic mass is 16.1. The first-order valence-corrected chi connectivity index (χ1v) is 5.08. The van der Waals surface area contributed by atoms with E-state index < -0.39 is 0 Å². The average Bonchev–Trinajstić information content (AvgIpc) is 2.14. The maximum Gasteiger partial charge on any atom is 0.143 e. The highest BCUT2D eigenvalue weighted by molar-refractivity contribution is 6.00. The number of ketones is 2. The topological polar surface area (TPSA) is 34.1 Å². The van der Waals surface area contributed by atoms with E-state index in [2.05, 4.69) is 0 Å². The van der Waals surface area contributed by atoms with Gasteiger partial charge in [0.15, 0.2) is 0 Å². The molecule has 0 aliphatic carbocycles. The average molecular weight is 184 g/mol. The van der Waals surface area contributed by atoms with E-state index in [0.29, 0.717) is 0 Å². The van der Waals surface area contributed by atoms with Crippen molar-refractivity contribution in [3.05, 3.63) is 0 Å². The van der Waals surface area contributed by atoms with Crippen LogP contribution in [0.25, 0.3) is 0 Å². The van der Waals surface area contributed by atoms with Crippen molar-refractivity contribution in [1.29, 1.82) is 0 Å². The predicted molar refractivity (Wildman–Crippen MR) is 53.5 cm³/mol. The Morgan fingerprint density at radius 2 is 1.23 bits per heavy atom. The van der Waals surface area contributed by atoms with E-state index in [1.165, 1.54) is 0 Å². The zero-order valence-corrected chi connectivity index (χ0v) is 9.09. The molecule has 2 heteroatoms. The summed E-state index contributed by atoms with van der Waals surface area (Å²) in [6.07, 6.45) is 1.78. The predicted octanol–water partition coefficient (Wildman–Crippen LogP) is 2.61. The lowest BCUT2D eigenvalue weighted by Gasteiger charge is -2.09. The van der Waals surface area contributed by atoms with Crippen molar-refractivity contribution in [2.75, 3.05) is 0 Å². The summed E-state index contributed by atoms with van der Waals surface area (Å²) >= 11 is 0. The normalized spacial score (nSPS) is 15.1.